The Bertz CT molecular complexity index is 595. The van der Waals surface area contributed by atoms with E-state index >= 15 is 0 Å². The molecular formula is C16H15BrO4. The number of para-hydroxylation sites is 1. The molecule has 0 atom stereocenters. The minimum absolute atomic E-state index is 0.0193. The number of carboxylic acid groups (broad SMARTS) is 1. The van der Waals surface area contributed by atoms with Crippen LogP contribution >= 0.6 is 15.9 Å². The third-order valence-electron chi connectivity index (χ3n) is 2.72. The molecule has 0 spiro atoms. The van der Waals surface area contributed by atoms with Crippen molar-refractivity contribution in [3.8, 4) is 11.5 Å². The Labute approximate surface area is 131 Å². The largest absolute Gasteiger partial charge is 0.490 e. The zero-order valence-corrected chi connectivity index (χ0v) is 12.9. The highest BCUT2D eigenvalue weighted by Crippen LogP contribution is 2.23. The van der Waals surface area contributed by atoms with Crippen molar-refractivity contribution in [3.05, 3.63) is 58.6 Å². The van der Waals surface area contributed by atoms with Gasteiger partial charge in [-0.1, -0.05) is 24.3 Å². The molecule has 0 aromatic heterocycles. The smallest absolute Gasteiger partial charge is 0.307 e. The molecule has 4 nitrogen and oxygen atoms in total. The predicted octanol–water partition coefficient (Wildman–Crippen LogP) is 3.53. The van der Waals surface area contributed by atoms with Crippen LogP contribution in [-0.4, -0.2) is 24.3 Å². The Hall–Kier alpha value is -2.01. The summed E-state index contributed by atoms with van der Waals surface area (Å²) in [7, 11) is 0. The Balaban J connectivity index is 1.76. The molecule has 110 valence electrons. The molecule has 0 heterocycles. The molecule has 0 radical (unpaired) electrons. The molecule has 0 saturated heterocycles. The monoisotopic (exact) mass is 350 g/mol. The maximum Gasteiger partial charge on any atom is 0.307 e. The molecule has 0 aliphatic carbocycles. The van der Waals surface area contributed by atoms with Crippen LogP contribution in [0.15, 0.2) is 53.0 Å². The normalized spacial score (nSPS) is 10.1. The van der Waals surface area contributed by atoms with Gasteiger partial charge in [-0.3, -0.25) is 4.79 Å². The summed E-state index contributed by atoms with van der Waals surface area (Å²) < 4.78 is 12.0. The van der Waals surface area contributed by atoms with Gasteiger partial charge in [0.05, 0.1) is 10.9 Å². The molecule has 2 rings (SSSR count). The summed E-state index contributed by atoms with van der Waals surface area (Å²) in [5, 5.41) is 8.69. The third-order valence-corrected chi connectivity index (χ3v) is 3.38. The van der Waals surface area contributed by atoms with E-state index in [9.17, 15) is 4.79 Å². The molecule has 0 aliphatic rings. The van der Waals surface area contributed by atoms with Crippen molar-refractivity contribution in [1.82, 2.24) is 0 Å². The molecule has 0 amide bonds. The molecule has 2 aromatic rings. The van der Waals surface area contributed by atoms with Crippen molar-refractivity contribution < 1.29 is 19.4 Å². The van der Waals surface area contributed by atoms with Gasteiger partial charge in [-0.2, -0.15) is 0 Å². The van der Waals surface area contributed by atoms with E-state index in [1.165, 1.54) is 0 Å². The Kier molecular flexibility index (Phi) is 5.63. The molecule has 21 heavy (non-hydrogen) atoms. The van der Waals surface area contributed by atoms with Crippen LogP contribution in [0.25, 0.3) is 0 Å². The molecule has 0 bridgehead atoms. The summed E-state index contributed by atoms with van der Waals surface area (Å²) in [4.78, 5) is 10.6. The Morgan fingerprint density at radius 3 is 2.33 bits per heavy atom. The van der Waals surface area contributed by atoms with E-state index in [0.717, 1.165) is 15.8 Å². The SMILES string of the molecule is O=C(O)Cc1ccc(OCCOc2ccccc2Br)cc1. The number of carbonyl (C=O) groups is 1. The molecule has 0 unspecified atom stereocenters. The molecule has 0 aliphatic heterocycles. The standard InChI is InChI=1S/C16H15BrO4/c17-14-3-1-2-4-15(14)21-10-9-20-13-7-5-12(6-8-13)11-16(18)19/h1-8H,9-11H2,(H,18,19). The number of rotatable bonds is 7. The lowest BCUT2D eigenvalue weighted by atomic mass is 10.1. The van der Waals surface area contributed by atoms with Crippen LogP contribution < -0.4 is 9.47 Å². The molecular weight excluding hydrogens is 336 g/mol. The number of hydrogen-bond donors (Lipinski definition) is 1. The fourth-order valence-corrected chi connectivity index (χ4v) is 2.15. The van der Waals surface area contributed by atoms with Gasteiger partial charge in [-0.25, -0.2) is 0 Å². The lowest BCUT2D eigenvalue weighted by Gasteiger charge is -2.09. The van der Waals surface area contributed by atoms with Crippen molar-refractivity contribution in [2.24, 2.45) is 0 Å². The zero-order chi connectivity index (χ0) is 15.1. The minimum atomic E-state index is -0.842. The van der Waals surface area contributed by atoms with Gasteiger partial charge in [0.2, 0.25) is 0 Å². The van der Waals surface area contributed by atoms with E-state index in [1.54, 1.807) is 24.3 Å². The number of carboxylic acids is 1. The van der Waals surface area contributed by atoms with E-state index in [-0.39, 0.29) is 6.42 Å². The summed E-state index contributed by atoms with van der Waals surface area (Å²) in [5.41, 5.74) is 0.749. The van der Waals surface area contributed by atoms with Crippen molar-refractivity contribution in [2.45, 2.75) is 6.42 Å². The summed E-state index contributed by atoms with van der Waals surface area (Å²) >= 11 is 3.41. The summed E-state index contributed by atoms with van der Waals surface area (Å²) in [6.07, 6.45) is 0.0193. The van der Waals surface area contributed by atoms with Gasteiger partial charge in [-0.15, -0.1) is 0 Å². The topological polar surface area (TPSA) is 55.8 Å². The summed E-state index contributed by atoms with van der Waals surface area (Å²) in [5.74, 6) is 0.628. The van der Waals surface area contributed by atoms with Crippen molar-refractivity contribution in [2.75, 3.05) is 13.2 Å². The Morgan fingerprint density at radius 2 is 1.67 bits per heavy atom. The van der Waals surface area contributed by atoms with Crippen molar-refractivity contribution >= 4 is 21.9 Å². The molecule has 0 fully saturated rings. The average Bonchev–Trinajstić information content (AvgIpc) is 2.46. The molecule has 2 aromatic carbocycles. The van der Waals surface area contributed by atoms with Crippen LogP contribution in [0.3, 0.4) is 0 Å². The highest BCUT2D eigenvalue weighted by molar-refractivity contribution is 9.10. The quantitative estimate of drug-likeness (QED) is 0.776. The first-order valence-corrected chi connectivity index (χ1v) is 7.25. The van der Waals surface area contributed by atoms with Gasteiger partial charge < -0.3 is 14.6 Å². The van der Waals surface area contributed by atoms with Gasteiger partial charge in [0, 0.05) is 0 Å². The summed E-state index contributed by atoms with van der Waals surface area (Å²) in [6, 6.07) is 14.6. The van der Waals surface area contributed by atoms with Gasteiger partial charge in [0.25, 0.3) is 0 Å². The third kappa shape index (κ3) is 5.11. The fraction of sp³-hybridized carbons (Fsp3) is 0.188. The van der Waals surface area contributed by atoms with Crippen LogP contribution in [0.4, 0.5) is 0 Å². The predicted molar refractivity (Wildman–Crippen MR) is 82.9 cm³/mol. The van der Waals surface area contributed by atoms with E-state index < -0.39 is 5.97 Å². The first-order valence-electron chi connectivity index (χ1n) is 6.46. The number of halogens is 1. The van der Waals surface area contributed by atoms with Crippen LogP contribution in [0, 0.1) is 0 Å². The van der Waals surface area contributed by atoms with Gasteiger partial charge in [0.15, 0.2) is 0 Å². The van der Waals surface area contributed by atoms with E-state index in [0.29, 0.717) is 19.0 Å². The first kappa shape index (κ1) is 15.4. The lowest BCUT2D eigenvalue weighted by Crippen LogP contribution is -2.09. The number of ether oxygens (including phenoxy) is 2. The highest BCUT2D eigenvalue weighted by atomic mass is 79.9. The van der Waals surface area contributed by atoms with E-state index in [4.69, 9.17) is 14.6 Å². The second-order valence-electron chi connectivity index (χ2n) is 4.34. The van der Waals surface area contributed by atoms with Gasteiger partial charge >= 0.3 is 5.97 Å². The number of aliphatic carboxylic acids is 1. The van der Waals surface area contributed by atoms with Crippen molar-refractivity contribution in [1.29, 1.82) is 0 Å². The summed E-state index contributed by atoms with van der Waals surface area (Å²) in [6.45, 7) is 0.846. The van der Waals surface area contributed by atoms with Crippen LogP contribution in [-0.2, 0) is 11.2 Å². The average molecular weight is 351 g/mol. The second-order valence-corrected chi connectivity index (χ2v) is 5.20. The first-order chi connectivity index (χ1) is 10.1. The van der Waals surface area contributed by atoms with Gasteiger partial charge in [-0.05, 0) is 45.8 Å². The zero-order valence-electron chi connectivity index (χ0n) is 11.3. The van der Waals surface area contributed by atoms with Crippen LogP contribution in [0.5, 0.6) is 11.5 Å². The minimum Gasteiger partial charge on any atom is -0.490 e. The van der Waals surface area contributed by atoms with E-state index in [1.807, 2.05) is 24.3 Å². The number of benzene rings is 2. The van der Waals surface area contributed by atoms with Gasteiger partial charge in [0.1, 0.15) is 24.7 Å². The van der Waals surface area contributed by atoms with Crippen LogP contribution in [0.2, 0.25) is 0 Å². The lowest BCUT2D eigenvalue weighted by molar-refractivity contribution is -0.136. The number of hydrogen-bond acceptors (Lipinski definition) is 3. The van der Waals surface area contributed by atoms with Crippen LogP contribution in [0.1, 0.15) is 5.56 Å². The molecule has 1 N–H and O–H groups in total. The molecule has 0 saturated carbocycles. The molecule has 5 heteroatoms. The fourth-order valence-electron chi connectivity index (χ4n) is 1.75. The second kappa shape index (κ2) is 7.69. The maximum absolute atomic E-state index is 10.6. The Morgan fingerprint density at radius 1 is 1.00 bits per heavy atom. The highest BCUT2D eigenvalue weighted by Gasteiger charge is 2.02. The maximum atomic E-state index is 10.6. The van der Waals surface area contributed by atoms with E-state index in [2.05, 4.69) is 15.9 Å². The van der Waals surface area contributed by atoms with Crippen molar-refractivity contribution in [3.63, 3.8) is 0 Å².